The molecule has 3 rings (SSSR count). The number of aryl methyl sites for hydroxylation is 1. The Balaban J connectivity index is 2.07. The summed E-state index contributed by atoms with van der Waals surface area (Å²) in [6.07, 6.45) is 3.25. The van der Waals surface area contributed by atoms with Gasteiger partial charge in [0.1, 0.15) is 11.6 Å². The molecule has 1 N–H and O–H groups in total. The van der Waals surface area contributed by atoms with Crippen molar-refractivity contribution in [1.29, 1.82) is 0 Å². The summed E-state index contributed by atoms with van der Waals surface area (Å²) in [5.41, 5.74) is 2.69. The lowest BCUT2D eigenvalue weighted by atomic mass is 10.1. The molecule has 25 heavy (non-hydrogen) atoms. The van der Waals surface area contributed by atoms with Crippen LogP contribution in [0.25, 0.3) is 10.9 Å². The van der Waals surface area contributed by atoms with E-state index in [0.29, 0.717) is 11.5 Å². The van der Waals surface area contributed by atoms with Gasteiger partial charge in [0.25, 0.3) is 0 Å². The normalized spacial score (nSPS) is 12.8. The van der Waals surface area contributed by atoms with E-state index in [2.05, 4.69) is 38.7 Å². The molecule has 6 heteroatoms. The van der Waals surface area contributed by atoms with Crippen molar-refractivity contribution < 1.29 is 4.21 Å². The maximum atomic E-state index is 12.0. The van der Waals surface area contributed by atoms with Crippen LogP contribution in [0.3, 0.4) is 0 Å². The van der Waals surface area contributed by atoms with Crippen molar-refractivity contribution in [2.24, 2.45) is 4.36 Å². The Labute approximate surface area is 148 Å². The molecule has 1 atom stereocenters. The highest BCUT2D eigenvalue weighted by atomic mass is 32.2. The molecule has 130 valence electrons. The van der Waals surface area contributed by atoms with E-state index in [1.165, 1.54) is 5.56 Å². The number of rotatable bonds is 4. The van der Waals surface area contributed by atoms with Gasteiger partial charge in [-0.2, -0.15) is 4.36 Å². The number of benzene rings is 2. The van der Waals surface area contributed by atoms with Gasteiger partial charge < -0.3 is 5.32 Å². The standard InChI is InChI=1S/C19H22N4OS/c1-13(15-8-6-5-7-9-15)20-19-17-12-16(23-25(3,4)24)10-11-18(17)21-14(2)22-19/h5-13H,1-4H3,(H,20,21,22)/t13-/m1/s1. The summed E-state index contributed by atoms with van der Waals surface area (Å²) in [5, 5.41) is 4.34. The van der Waals surface area contributed by atoms with Gasteiger partial charge in [0.05, 0.1) is 11.2 Å². The first kappa shape index (κ1) is 17.4. The molecule has 0 saturated heterocycles. The average Bonchev–Trinajstić information content (AvgIpc) is 2.54. The molecule has 1 heterocycles. The molecule has 0 unspecified atom stereocenters. The second kappa shape index (κ2) is 6.80. The van der Waals surface area contributed by atoms with Gasteiger partial charge in [-0.05, 0) is 37.6 Å². The van der Waals surface area contributed by atoms with E-state index in [4.69, 9.17) is 0 Å². The van der Waals surface area contributed by atoms with Crippen LogP contribution in [0.4, 0.5) is 11.5 Å². The third-order valence-corrected chi connectivity index (χ3v) is 4.42. The second-order valence-corrected chi connectivity index (χ2v) is 8.92. The van der Waals surface area contributed by atoms with E-state index in [0.717, 1.165) is 16.7 Å². The van der Waals surface area contributed by atoms with Crippen LogP contribution in [0.5, 0.6) is 0 Å². The molecule has 0 aliphatic rings. The summed E-state index contributed by atoms with van der Waals surface area (Å²) >= 11 is 0. The molecular weight excluding hydrogens is 332 g/mol. The number of hydrogen-bond acceptors (Lipinski definition) is 5. The molecule has 0 bridgehead atoms. The Bertz CT molecular complexity index is 1020. The number of fused-ring (bicyclic) bond motifs is 1. The highest BCUT2D eigenvalue weighted by Crippen LogP contribution is 2.28. The minimum absolute atomic E-state index is 0.0980. The van der Waals surface area contributed by atoms with Crippen molar-refractivity contribution >= 4 is 32.1 Å². The van der Waals surface area contributed by atoms with Gasteiger partial charge in [0.2, 0.25) is 0 Å². The first-order valence-electron chi connectivity index (χ1n) is 8.09. The Morgan fingerprint density at radius 1 is 1.08 bits per heavy atom. The first-order chi connectivity index (χ1) is 11.8. The summed E-state index contributed by atoms with van der Waals surface area (Å²) < 4.78 is 16.3. The van der Waals surface area contributed by atoms with E-state index in [1.807, 2.05) is 43.3 Å². The minimum Gasteiger partial charge on any atom is -0.363 e. The lowest BCUT2D eigenvalue weighted by Gasteiger charge is -2.17. The van der Waals surface area contributed by atoms with Crippen molar-refractivity contribution in [2.45, 2.75) is 19.9 Å². The van der Waals surface area contributed by atoms with E-state index < -0.39 is 9.73 Å². The van der Waals surface area contributed by atoms with Gasteiger partial charge >= 0.3 is 0 Å². The Morgan fingerprint density at radius 2 is 1.80 bits per heavy atom. The van der Waals surface area contributed by atoms with Gasteiger partial charge in [-0.15, -0.1) is 0 Å². The Kier molecular flexibility index (Phi) is 4.72. The molecule has 0 saturated carbocycles. The molecule has 1 aromatic heterocycles. The van der Waals surface area contributed by atoms with Crippen LogP contribution in [-0.4, -0.2) is 26.7 Å². The third-order valence-electron chi connectivity index (χ3n) is 3.77. The zero-order valence-electron chi connectivity index (χ0n) is 14.9. The lowest BCUT2D eigenvalue weighted by molar-refractivity contribution is 0.684. The maximum absolute atomic E-state index is 12.0. The largest absolute Gasteiger partial charge is 0.363 e. The zero-order chi connectivity index (χ0) is 18.0. The first-order valence-corrected chi connectivity index (χ1v) is 10.4. The predicted octanol–water partition coefficient (Wildman–Crippen LogP) is 4.47. The molecule has 0 radical (unpaired) electrons. The van der Waals surface area contributed by atoms with Gasteiger partial charge in [0.15, 0.2) is 0 Å². The smallest absolute Gasteiger partial charge is 0.138 e. The van der Waals surface area contributed by atoms with E-state index in [9.17, 15) is 4.21 Å². The Hall–Kier alpha value is -2.47. The zero-order valence-corrected chi connectivity index (χ0v) is 15.7. The van der Waals surface area contributed by atoms with Crippen molar-refractivity contribution in [3.05, 3.63) is 59.9 Å². The fraction of sp³-hybridized carbons (Fsp3) is 0.263. The quantitative estimate of drug-likeness (QED) is 0.750. The van der Waals surface area contributed by atoms with E-state index >= 15 is 0 Å². The summed E-state index contributed by atoms with van der Waals surface area (Å²) in [4.78, 5) is 9.06. The number of aromatic nitrogens is 2. The van der Waals surface area contributed by atoms with Crippen LogP contribution < -0.4 is 5.32 Å². The van der Waals surface area contributed by atoms with Gasteiger partial charge in [-0.3, -0.25) is 0 Å². The van der Waals surface area contributed by atoms with Crippen molar-refractivity contribution in [1.82, 2.24) is 9.97 Å². The third kappa shape index (κ3) is 4.33. The van der Waals surface area contributed by atoms with E-state index in [-0.39, 0.29) is 6.04 Å². The van der Waals surface area contributed by atoms with Gasteiger partial charge in [-0.25, -0.2) is 14.2 Å². The van der Waals surface area contributed by atoms with Crippen molar-refractivity contribution in [3.63, 3.8) is 0 Å². The summed E-state index contributed by atoms with van der Waals surface area (Å²) in [7, 11) is -2.22. The molecule has 0 fully saturated rings. The number of hydrogen-bond donors (Lipinski definition) is 1. The topological polar surface area (TPSA) is 67.2 Å². The summed E-state index contributed by atoms with van der Waals surface area (Å²) in [6.45, 7) is 3.97. The van der Waals surface area contributed by atoms with Crippen LogP contribution in [-0.2, 0) is 9.73 Å². The number of nitrogens with zero attached hydrogens (tertiary/aromatic N) is 3. The maximum Gasteiger partial charge on any atom is 0.138 e. The highest BCUT2D eigenvalue weighted by molar-refractivity contribution is 7.92. The number of anilines is 1. The molecule has 3 aromatic rings. The average molecular weight is 354 g/mol. The van der Waals surface area contributed by atoms with Crippen LogP contribution in [0, 0.1) is 6.92 Å². The molecule has 5 nitrogen and oxygen atoms in total. The van der Waals surface area contributed by atoms with Crippen LogP contribution in [0.15, 0.2) is 52.9 Å². The van der Waals surface area contributed by atoms with Crippen LogP contribution >= 0.6 is 0 Å². The Morgan fingerprint density at radius 3 is 2.48 bits per heavy atom. The summed E-state index contributed by atoms with van der Waals surface area (Å²) in [5.74, 6) is 1.46. The molecule has 0 spiro atoms. The monoisotopic (exact) mass is 354 g/mol. The van der Waals surface area contributed by atoms with Crippen molar-refractivity contribution in [3.8, 4) is 0 Å². The van der Waals surface area contributed by atoms with Gasteiger partial charge in [0, 0.05) is 33.7 Å². The molecule has 2 aromatic carbocycles. The predicted molar refractivity (Wildman–Crippen MR) is 105 cm³/mol. The SMILES string of the molecule is Cc1nc(N[C@H](C)c2ccccc2)c2cc(N=S(C)(C)=O)ccc2n1. The fourth-order valence-electron chi connectivity index (χ4n) is 2.68. The highest BCUT2D eigenvalue weighted by Gasteiger charge is 2.11. The molecule has 0 aliphatic carbocycles. The van der Waals surface area contributed by atoms with Crippen LogP contribution in [0.1, 0.15) is 24.4 Å². The second-order valence-electron chi connectivity index (χ2n) is 6.37. The fourth-order valence-corrected chi connectivity index (χ4v) is 3.30. The van der Waals surface area contributed by atoms with Gasteiger partial charge in [-0.1, -0.05) is 30.3 Å². The minimum atomic E-state index is -2.22. The molecule has 0 amide bonds. The lowest BCUT2D eigenvalue weighted by Crippen LogP contribution is -2.09. The van der Waals surface area contributed by atoms with Crippen molar-refractivity contribution in [2.75, 3.05) is 17.8 Å². The number of nitrogens with one attached hydrogen (secondary N) is 1. The summed E-state index contributed by atoms with van der Waals surface area (Å²) in [6, 6.07) is 15.9. The van der Waals surface area contributed by atoms with Crippen LogP contribution in [0.2, 0.25) is 0 Å². The molecule has 0 aliphatic heterocycles. The molecular formula is C19H22N4OS. The van der Waals surface area contributed by atoms with E-state index in [1.54, 1.807) is 12.5 Å².